The van der Waals surface area contributed by atoms with Crippen molar-refractivity contribution in [3.8, 4) is 0 Å². The van der Waals surface area contributed by atoms with Gasteiger partial charge in [0.2, 0.25) is 0 Å². The van der Waals surface area contributed by atoms with Crippen LogP contribution in [0.2, 0.25) is 0 Å². The Kier molecular flexibility index (Phi) is 4.31. The largest absolute Gasteiger partial charge is 0.333 e. The van der Waals surface area contributed by atoms with E-state index in [1.54, 1.807) is 6.20 Å². The summed E-state index contributed by atoms with van der Waals surface area (Å²) in [6.07, 6.45) is 8.43. The lowest BCUT2D eigenvalue weighted by Crippen LogP contribution is -2.47. The number of piperidine rings is 1. The monoisotopic (exact) mass is 339 g/mol. The molecular formula is C18H21N5O2. The van der Waals surface area contributed by atoms with E-state index in [0.29, 0.717) is 11.6 Å². The normalized spacial score (nSPS) is 23.4. The Labute approximate surface area is 145 Å². The summed E-state index contributed by atoms with van der Waals surface area (Å²) in [6.45, 7) is 3.47. The fraction of sp³-hybridized carbons (Fsp3) is 0.444. The number of nitrogens with zero attached hydrogens (tertiary/aromatic N) is 4. The van der Waals surface area contributed by atoms with Crippen molar-refractivity contribution >= 4 is 5.91 Å². The van der Waals surface area contributed by atoms with Gasteiger partial charge < -0.3 is 9.88 Å². The lowest BCUT2D eigenvalue weighted by Gasteiger charge is -2.36. The highest BCUT2D eigenvalue weighted by molar-refractivity contribution is 5.92. The van der Waals surface area contributed by atoms with Crippen molar-refractivity contribution in [2.24, 2.45) is 5.92 Å². The summed E-state index contributed by atoms with van der Waals surface area (Å²) in [4.78, 5) is 39.1. The van der Waals surface area contributed by atoms with Crippen LogP contribution in [-0.4, -0.2) is 56.3 Å². The number of hydrogen-bond donors (Lipinski definition) is 1. The quantitative estimate of drug-likeness (QED) is 0.898. The first-order valence-corrected chi connectivity index (χ1v) is 8.66. The molecule has 0 saturated carbocycles. The number of carbonyl (C=O) groups is 1. The Morgan fingerprint density at radius 3 is 2.92 bits per heavy atom. The molecule has 1 N–H and O–H groups in total. The zero-order valence-corrected chi connectivity index (χ0v) is 14.0. The molecule has 5 rings (SSSR count). The van der Waals surface area contributed by atoms with E-state index >= 15 is 0 Å². The fourth-order valence-corrected chi connectivity index (χ4v) is 3.91. The van der Waals surface area contributed by atoms with Crippen molar-refractivity contribution in [3.63, 3.8) is 0 Å². The third kappa shape index (κ3) is 3.46. The second kappa shape index (κ2) is 6.76. The van der Waals surface area contributed by atoms with Gasteiger partial charge in [-0.15, -0.1) is 0 Å². The highest BCUT2D eigenvalue weighted by atomic mass is 16.2. The average Bonchev–Trinajstić information content (AvgIpc) is 2.93. The first-order valence-electron chi connectivity index (χ1n) is 8.66. The van der Waals surface area contributed by atoms with E-state index in [2.05, 4.69) is 25.9 Å². The van der Waals surface area contributed by atoms with Crippen LogP contribution in [0, 0.1) is 5.92 Å². The first-order chi connectivity index (χ1) is 12.2. The van der Waals surface area contributed by atoms with Crippen LogP contribution in [0.4, 0.5) is 0 Å². The molecule has 1 amide bonds. The Hall–Kier alpha value is -2.54. The Morgan fingerprint density at radius 2 is 2.16 bits per heavy atom. The van der Waals surface area contributed by atoms with Crippen LogP contribution >= 0.6 is 0 Å². The summed E-state index contributed by atoms with van der Waals surface area (Å²) in [7, 11) is 0. The number of amides is 1. The number of rotatable bonds is 3. The maximum absolute atomic E-state index is 12.8. The molecular weight excluding hydrogens is 318 g/mol. The number of aromatic nitrogens is 3. The van der Waals surface area contributed by atoms with Gasteiger partial charge in [0.1, 0.15) is 5.69 Å². The molecule has 7 heteroatoms. The maximum atomic E-state index is 12.8. The minimum atomic E-state index is -0.295. The van der Waals surface area contributed by atoms with Crippen molar-refractivity contribution in [1.29, 1.82) is 0 Å². The van der Waals surface area contributed by atoms with E-state index in [9.17, 15) is 9.59 Å². The molecule has 3 aliphatic heterocycles. The molecule has 2 unspecified atom stereocenters. The van der Waals surface area contributed by atoms with E-state index in [-0.39, 0.29) is 17.5 Å². The molecule has 0 aliphatic carbocycles. The van der Waals surface area contributed by atoms with Gasteiger partial charge in [0.15, 0.2) is 0 Å². The van der Waals surface area contributed by atoms with Gasteiger partial charge in [-0.05, 0) is 30.4 Å². The zero-order valence-electron chi connectivity index (χ0n) is 14.0. The minimum Gasteiger partial charge on any atom is -0.333 e. The summed E-state index contributed by atoms with van der Waals surface area (Å²) in [5, 5.41) is 0. The molecule has 3 fully saturated rings. The second-order valence-corrected chi connectivity index (χ2v) is 6.91. The predicted octanol–water partition coefficient (Wildman–Crippen LogP) is 0.901. The van der Waals surface area contributed by atoms with Gasteiger partial charge in [0, 0.05) is 50.8 Å². The zero-order chi connectivity index (χ0) is 17.2. The number of fused-ring (bicyclic) bond motifs is 4. The molecule has 0 radical (unpaired) electrons. The van der Waals surface area contributed by atoms with Crippen molar-refractivity contribution in [3.05, 3.63) is 58.5 Å². The summed E-state index contributed by atoms with van der Waals surface area (Å²) in [6, 6.07) is 4.24. The standard InChI is InChI=1S/C18H21N5O2/c24-17-8-20-16(7-21-17)18(25)23-11-14-3-4-15(23)12-22(10-14)9-13-2-1-5-19-6-13/h1-2,5-8,14-15H,3-4,9-12H2,(H,21,24). The number of nitrogens with one attached hydrogen (secondary N) is 1. The molecule has 25 heavy (non-hydrogen) atoms. The summed E-state index contributed by atoms with van der Waals surface area (Å²) < 4.78 is 0. The lowest BCUT2D eigenvalue weighted by atomic mass is 9.95. The molecule has 0 spiro atoms. The Balaban J connectivity index is 1.50. The smallest absolute Gasteiger partial charge is 0.274 e. The van der Waals surface area contributed by atoms with Gasteiger partial charge in [-0.2, -0.15) is 0 Å². The fourth-order valence-electron chi connectivity index (χ4n) is 3.91. The molecule has 130 valence electrons. The molecule has 2 aromatic rings. The van der Waals surface area contributed by atoms with E-state index in [0.717, 1.165) is 45.2 Å². The minimum absolute atomic E-state index is 0.0887. The average molecular weight is 339 g/mol. The lowest BCUT2D eigenvalue weighted by molar-refractivity contribution is 0.0578. The van der Waals surface area contributed by atoms with Crippen molar-refractivity contribution < 1.29 is 4.79 Å². The number of carbonyl (C=O) groups excluding carboxylic acids is 1. The highest BCUT2D eigenvalue weighted by Crippen LogP contribution is 2.29. The molecule has 3 aliphatic rings. The van der Waals surface area contributed by atoms with Crippen LogP contribution < -0.4 is 5.56 Å². The number of H-pyrrole nitrogens is 1. The highest BCUT2D eigenvalue weighted by Gasteiger charge is 2.37. The molecule has 7 nitrogen and oxygen atoms in total. The van der Waals surface area contributed by atoms with E-state index in [1.807, 2.05) is 17.2 Å². The molecule has 5 heterocycles. The van der Waals surface area contributed by atoms with Crippen LogP contribution in [0.3, 0.4) is 0 Å². The topological polar surface area (TPSA) is 82.2 Å². The summed E-state index contributed by atoms with van der Waals surface area (Å²) in [5.74, 6) is 0.385. The first kappa shape index (κ1) is 16.0. The summed E-state index contributed by atoms with van der Waals surface area (Å²) >= 11 is 0. The van der Waals surface area contributed by atoms with Crippen LogP contribution in [0.5, 0.6) is 0 Å². The van der Waals surface area contributed by atoms with Gasteiger partial charge in [-0.25, -0.2) is 4.98 Å². The SMILES string of the molecule is O=C(c1c[nH]c(=O)cn1)N1CC2CCC1CN(Cc1cccnc1)C2. The maximum Gasteiger partial charge on any atom is 0.274 e. The van der Waals surface area contributed by atoms with Crippen molar-refractivity contribution in [2.45, 2.75) is 25.4 Å². The van der Waals surface area contributed by atoms with Crippen molar-refractivity contribution in [1.82, 2.24) is 24.8 Å². The van der Waals surface area contributed by atoms with Crippen LogP contribution in [0.15, 0.2) is 41.7 Å². The van der Waals surface area contributed by atoms with Crippen LogP contribution in [0.25, 0.3) is 0 Å². The third-order valence-electron chi connectivity index (χ3n) is 5.07. The van der Waals surface area contributed by atoms with Crippen molar-refractivity contribution in [2.75, 3.05) is 19.6 Å². The molecule has 0 aromatic carbocycles. The van der Waals surface area contributed by atoms with Gasteiger partial charge in [-0.1, -0.05) is 6.07 Å². The molecule has 2 bridgehead atoms. The van der Waals surface area contributed by atoms with Crippen LogP contribution in [-0.2, 0) is 6.54 Å². The van der Waals surface area contributed by atoms with Crippen LogP contribution in [0.1, 0.15) is 28.9 Å². The van der Waals surface area contributed by atoms with Gasteiger partial charge in [0.25, 0.3) is 11.5 Å². The third-order valence-corrected chi connectivity index (χ3v) is 5.07. The Morgan fingerprint density at radius 1 is 1.24 bits per heavy atom. The number of hydrogen-bond acceptors (Lipinski definition) is 5. The van der Waals surface area contributed by atoms with Gasteiger partial charge in [0.05, 0.1) is 6.20 Å². The van der Waals surface area contributed by atoms with Gasteiger partial charge >= 0.3 is 0 Å². The van der Waals surface area contributed by atoms with Gasteiger partial charge in [-0.3, -0.25) is 19.5 Å². The van der Waals surface area contributed by atoms with E-state index < -0.39 is 0 Å². The second-order valence-electron chi connectivity index (χ2n) is 6.91. The molecule has 2 aromatic heterocycles. The number of pyridine rings is 1. The predicted molar refractivity (Wildman–Crippen MR) is 91.9 cm³/mol. The van der Waals surface area contributed by atoms with E-state index in [4.69, 9.17) is 0 Å². The number of aromatic amines is 1. The molecule has 2 atom stereocenters. The Bertz CT molecular complexity index is 786. The molecule has 3 saturated heterocycles. The summed E-state index contributed by atoms with van der Waals surface area (Å²) in [5.41, 5.74) is 1.21. The van der Waals surface area contributed by atoms with E-state index in [1.165, 1.54) is 11.8 Å².